The maximum absolute atomic E-state index is 13.2. The summed E-state index contributed by atoms with van der Waals surface area (Å²) in [4.78, 5) is 12.1. The molecule has 3 N–H and O–H groups in total. The molecule has 0 spiro atoms. The van der Waals surface area contributed by atoms with E-state index in [1.165, 1.54) is 12.1 Å². The SMILES string of the molecule is NC(=S)CCCCNC(=O)c1ccc(Br)c(F)c1. The van der Waals surface area contributed by atoms with Crippen LogP contribution in [-0.2, 0) is 0 Å². The quantitative estimate of drug-likeness (QED) is 0.622. The summed E-state index contributed by atoms with van der Waals surface area (Å²) < 4.78 is 13.6. The summed E-state index contributed by atoms with van der Waals surface area (Å²) in [6, 6.07) is 4.28. The van der Waals surface area contributed by atoms with Crippen LogP contribution in [0.3, 0.4) is 0 Å². The zero-order chi connectivity index (χ0) is 13.5. The largest absolute Gasteiger partial charge is 0.393 e. The van der Waals surface area contributed by atoms with E-state index in [2.05, 4.69) is 21.2 Å². The molecule has 1 amide bonds. The predicted molar refractivity (Wildman–Crippen MR) is 77.1 cm³/mol. The van der Waals surface area contributed by atoms with Crippen LogP contribution in [0, 0.1) is 5.82 Å². The van der Waals surface area contributed by atoms with E-state index in [-0.39, 0.29) is 5.91 Å². The van der Waals surface area contributed by atoms with Gasteiger partial charge in [0.15, 0.2) is 0 Å². The maximum atomic E-state index is 13.2. The number of nitrogens with one attached hydrogen (secondary N) is 1. The second-order valence-electron chi connectivity index (χ2n) is 3.81. The molecule has 0 atom stereocenters. The summed E-state index contributed by atoms with van der Waals surface area (Å²) in [6.07, 6.45) is 2.31. The number of unbranched alkanes of at least 4 members (excludes halogenated alkanes) is 1. The topological polar surface area (TPSA) is 55.1 Å². The van der Waals surface area contributed by atoms with Crippen LogP contribution in [0.25, 0.3) is 0 Å². The Morgan fingerprint density at radius 3 is 2.78 bits per heavy atom. The van der Waals surface area contributed by atoms with E-state index < -0.39 is 5.82 Å². The molecule has 0 radical (unpaired) electrons. The van der Waals surface area contributed by atoms with Gasteiger partial charge in [-0.25, -0.2) is 4.39 Å². The van der Waals surface area contributed by atoms with E-state index in [0.717, 1.165) is 12.8 Å². The van der Waals surface area contributed by atoms with E-state index >= 15 is 0 Å². The molecule has 0 aliphatic heterocycles. The number of hydrogen-bond acceptors (Lipinski definition) is 2. The van der Waals surface area contributed by atoms with E-state index in [9.17, 15) is 9.18 Å². The first kappa shape index (κ1) is 15.0. The molecule has 0 bridgehead atoms. The van der Waals surface area contributed by atoms with Crippen molar-refractivity contribution in [2.45, 2.75) is 19.3 Å². The minimum absolute atomic E-state index is 0.281. The molecule has 0 aliphatic carbocycles. The van der Waals surface area contributed by atoms with Crippen molar-refractivity contribution in [3.05, 3.63) is 34.1 Å². The van der Waals surface area contributed by atoms with Gasteiger partial charge in [-0.1, -0.05) is 12.2 Å². The Morgan fingerprint density at radius 2 is 2.17 bits per heavy atom. The minimum atomic E-state index is -0.448. The summed E-state index contributed by atoms with van der Waals surface area (Å²) in [7, 11) is 0. The highest BCUT2D eigenvalue weighted by Gasteiger charge is 2.07. The third-order valence-corrected chi connectivity index (χ3v) is 3.16. The van der Waals surface area contributed by atoms with Gasteiger partial charge in [-0.3, -0.25) is 4.79 Å². The molecule has 6 heteroatoms. The summed E-state index contributed by atoms with van der Waals surface area (Å²) >= 11 is 7.78. The number of benzene rings is 1. The monoisotopic (exact) mass is 332 g/mol. The molecule has 3 nitrogen and oxygen atoms in total. The van der Waals surface area contributed by atoms with Crippen LogP contribution in [0.5, 0.6) is 0 Å². The molecule has 98 valence electrons. The second kappa shape index (κ2) is 7.43. The van der Waals surface area contributed by atoms with Crippen molar-refractivity contribution < 1.29 is 9.18 Å². The molecular formula is C12H14BrFN2OS. The first-order chi connectivity index (χ1) is 8.50. The van der Waals surface area contributed by atoms with Crippen LogP contribution in [0.4, 0.5) is 4.39 Å². The van der Waals surface area contributed by atoms with Crippen molar-refractivity contribution in [3.8, 4) is 0 Å². The van der Waals surface area contributed by atoms with Gasteiger partial charge in [-0.05, 0) is 53.4 Å². The molecule has 0 fully saturated rings. The van der Waals surface area contributed by atoms with Crippen molar-refractivity contribution in [2.24, 2.45) is 5.73 Å². The maximum Gasteiger partial charge on any atom is 0.251 e. The third kappa shape index (κ3) is 5.10. The summed E-state index contributed by atoms with van der Waals surface area (Å²) in [5.74, 6) is -0.729. The Labute approximate surface area is 119 Å². The van der Waals surface area contributed by atoms with Gasteiger partial charge in [0.2, 0.25) is 0 Å². The van der Waals surface area contributed by atoms with Crippen molar-refractivity contribution in [3.63, 3.8) is 0 Å². The highest BCUT2D eigenvalue weighted by atomic mass is 79.9. The standard InChI is InChI=1S/C12H14BrFN2OS/c13-9-5-4-8(7-10(9)14)12(17)16-6-2-1-3-11(15)18/h4-5,7H,1-3,6H2,(H2,15,18)(H,16,17). The normalized spacial score (nSPS) is 10.1. The van der Waals surface area contributed by atoms with Crippen molar-refractivity contribution >= 4 is 39.0 Å². The first-order valence-electron chi connectivity index (χ1n) is 5.52. The average molecular weight is 333 g/mol. The molecule has 0 aromatic heterocycles. The number of carbonyl (C=O) groups is 1. The Kier molecular flexibility index (Phi) is 6.21. The minimum Gasteiger partial charge on any atom is -0.393 e. The highest BCUT2D eigenvalue weighted by molar-refractivity contribution is 9.10. The van der Waals surface area contributed by atoms with Crippen LogP contribution in [0.15, 0.2) is 22.7 Å². The Morgan fingerprint density at radius 1 is 1.44 bits per heavy atom. The lowest BCUT2D eigenvalue weighted by Crippen LogP contribution is -2.24. The van der Waals surface area contributed by atoms with Gasteiger partial charge in [-0.15, -0.1) is 0 Å². The number of halogens is 2. The van der Waals surface area contributed by atoms with Crippen LogP contribution >= 0.6 is 28.1 Å². The van der Waals surface area contributed by atoms with Gasteiger partial charge in [0.25, 0.3) is 5.91 Å². The van der Waals surface area contributed by atoms with Gasteiger partial charge >= 0.3 is 0 Å². The highest BCUT2D eigenvalue weighted by Crippen LogP contribution is 2.16. The molecule has 0 aliphatic rings. The van der Waals surface area contributed by atoms with Gasteiger partial charge in [0.05, 0.1) is 9.46 Å². The fraction of sp³-hybridized carbons (Fsp3) is 0.333. The van der Waals surface area contributed by atoms with Crippen molar-refractivity contribution in [2.75, 3.05) is 6.54 Å². The molecular weight excluding hydrogens is 319 g/mol. The van der Waals surface area contributed by atoms with Gasteiger partial charge in [-0.2, -0.15) is 0 Å². The zero-order valence-electron chi connectivity index (χ0n) is 9.71. The number of thiocarbonyl (C=S) groups is 1. The second-order valence-corrected chi connectivity index (χ2v) is 5.19. The lowest BCUT2D eigenvalue weighted by Gasteiger charge is -2.05. The van der Waals surface area contributed by atoms with E-state index in [4.69, 9.17) is 18.0 Å². The molecule has 1 aromatic carbocycles. The molecule has 0 unspecified atom stereocenters. The smallest absolute Gasteiger partial charge is 0.251 e. The number of hydrogen-bond donors (Lipinski definition) is 2. The summed E-state index contributed by atoms with van der Waals surface area (Å²) in [5.41, 5.74) is 5.66. The zero-order valence-corrected chi connectivity index (χ0v) is 12.1. The molecule has 1 rings (SSSR count). The van der Waals surface area contributed by atoms with E-state index in [1.807, 2.05) is 0 Å². The molecule has 0 saturated carbocycles. The predicted octanol–water partition coefficient (Wildman–Crippen LogP) is 2.77. The third-order valence-electron chi connectivity index (χ3n) is 2.32. The Hall–Kier alpha value is -1.01. The van der Waals surface area contributed by atoms with Crippen molar-refractivity contribution in [1.82, 2.24) is 5.32 Å². The van der Waals surface area contributed by atoms with E-state index in [0.29, 0.717) is 28.0 Å². The number of carbonyl (C=O) groups excluding carboxylic acids is 1. The van der Waals surface area contributed by atoms with Crippen LogP contribution in [0.1, 0.15) is 29.6 Å². The van der Waals surface area contributed by atoms with Gasteiger partial charge in [0.1, 0.15) is 5.82 Å². The Balaban J connectivity index is 2.36. The number of nitrogens with two attached hydrogens (primary N) is 1. The number of amides is 1. The fourth-order valence-corrected chi connectivity index (χ4v) is 1.76. The van der Waals surface area contributed by atoms with E-state index in [1.54, 1.807) is 6.07 Å². The molecule has 0 saturated heterocycles. The summed E-state index contributed by atoms with van der Waals surface area (Å²) in [5, 5.41) is 2.71. The number of rotatable bonds is 6. The van der Waals surface area contributed by atoms with Crippen molar-refractivity contribution in [1.29, 1.82) is 0 Å². The fourth-order valence-electron chi connectivity index (χ4n) is 1.37. The molecule has 18 heavy (non-hydrogen) atoms. The van der Waals surface area contributed by atoms with Crippen LogP contribution < -0.4 is 11.1 Å². The van der Waals surface area contributed by atoms with Crippen LogP contribution in [0.2, 0.25) is 0 Å². The lowest BCUT2D eigenvalue weighted by atomic mass is 10.2. The molecule has 1 aromatic rings. The summed E-state index contributed by atoms with van der Waals surface area (Å²) in [6.45, 7) is 0.527. The van der Waals surface area contributed by atoms with Gasteiger partial charge < -0.3 is 11.1 Å². The molecule has 0 heterocycles. The average Bonchev–Trinajstić information content (AvgIpc) is 2.31. The lowest BCUT2D eigenvalue weighted by molar-refractivity contribution is 0.0952. The Bertz CT molecular complexity index is 454. The first-order valence-corrected chi connectivity index (χ1v) is 6.72. The van der Waals surface area contributed by atoms with Gasteiger partial charge in [0, 0.05) is 12.1 Å². The van der Waals surface area contributed by atoms with Crippen LogP contribution in [-0.4, -0.2) is 17.4 Å².